The molecular weight excluding hydrogens is 372 g/mol. The van der Waals surface area contributed by atoms with E-state index in [1.165, 1.54) is 4.90 Å². The normalized spacial score (nSPS) is 17.4. The van der Waals surface area contributed by atoms with Crippen molar-refractivity contribution in [3.8, 4) is 0 Å². The zero-order valence-electron chi connectivity index (χ0n) is 16.1. The molecule has 1 heterocycles. The van der Waals surface area contributed by atoms with Gasteiger partial charge < -0.3 is 15.1 Å². The van der Waals surface area contributed by atoms with Crippen LogP contribution in [-0.4, -0.2) is 45.0 Å². The van der Waals surface area contributed by atoms with Crippen LogP contribution in [0.15, 0.2) is 54.6 Å². The predicted molar refractivity (Wildman–Crippen MR) is 106 cm³/mol. The number of carboxylic acid groups (broad SMARTS) is 2. The van der Waals surface area contributed by atoms with Gasteiger partial charge in [-0.3, -0.25) is 14.9 Å². The summed E-state index contributed by atoms with van der Waals surface area (Å²) in [5.74, 6) is -2.58. The summed E-state index contributed by atoms with van der Waals surface area (Å²) >= 11 is 0. The molecule has 0 bridgehead atoms. The number of carboxylic acids is 2. The number of rotatable bonds is 8. The fourth-order valence-electron chi connectivity index (χ4n) is 3.71. The van der Waals surface area contributed by atoms with Gasteiger partial charge in [0.15, 0.2) is 6.04 Å². The van der Waals surface area contributed by atoms with Crippen molar-refractivity contribution in [3.05, 3.63) is 71.3 Å². The van der Waals surface area contributed by atoms with Crippen LogP contribution >= 0.6 is 0 Å². The Hall–Kier alpha value is -3.19. The molecule has 7 heteroatoms. The Morgan fingerprint density at radius 3 is 2.38 bits per heavy atom. The number of carbonyl (C=O) groups is 3. The lowest BCUT2D eigenvalue weighted by atomic mass is 10.0. The summed E-state index contributed by atoms with van der Waals surface area (Å²) in [6.07, 6.45) is 0.873. The van der Waals surface area contributed by atoms with Crippen molar-refractivity contribution in [2.75, 3.05) is 0 Å². The number of aliphatic carboxylic acids is 2. The van der Waals surface area contributed by atoms with Crippen LogP contribution in [0.5, 0.6) is 0 Å². The standard InChI is InChI=1S/C22H24N2O5/c1-14(23-18(21(26)27)12-11-15-7-3-2-4-8-15)20(25)24-13-16-9-5-6-10-17(16)19(24)22(28)29/h2-10,14,18-19,23H,11-13H2,1H3,(H,26,27)(H,28,29)/t14-,18-,19-/m0/s1. The van der Waals surface area contributed by atoms with Crippen LogP contribution in [-0.2, 0) is 27.3 Å². The molecule has 2 aromatic rings. The van der Waals surface area contributed by atoms with E-state index in [0.717, 1.165) is 11.1 Å². The van der Waals surface area contributed by atoms with Gasteiger partial charge in [0, 0.05) is 6.54 Å². The Morgan fingerprint density at radius 1 is 1.07 bits per heavy atom. The largest absolute Gasteiger partial charge is 0.480 e. The predicted octanol–water partition coefficient (Wildman–Crippen LogP) is 2.22. The second-order valence-corrected chi connectivity index (χ2v) is 7.21. The second kappa shape index (κ2) is 8.87. The summed E-state index contributed by atoms with van der Waals surface area (Å²) < 4.78 is 0. The molecule has 3 atom stereocenters. The van der Waals surface area contributed by atoms with Crippen molar-refractivity contribution in [2.45, 2.75) is 44.4 Å². The van der Waals surface area contributed by atoms with Crippen LogP contribution < -0.4 is 5.32 Å². The van der Waals surface area contributed by atoms with E-state index in [9.17, 15) is 24.6 Å². The van der Waals surface area contributed by atoms with Crippen molar-refractivity contribution >= 4 is 17.8 Å². The number of hydrogen-bond donors (Lipinski definition) is 3. The van der Waals surface area contributed by atoms with E-state index in [-0.39, 0.29) is 6.54 Å². The number of nitrogens with one attached hydrogen (secondary N) is 1. The highest BCUT2D eigenvalue weighted by Crippen LogP contribution is 2.34. The molecule has 7 nitrogen and oxygen atoms in total. The lowest BCUT2D eigenvalue weighted by Gasteiger charge is -2.27. The van der Waals surface area contributed by atoms with E-state index in [1.807, 2.05) is 30.3 Å². The van der Waals surface area contributed by atoms with Crippen LogP contribution in [0.25, 0.3) is 0 Å². The summed E-state index contributed by atoms with van der Waals surface area (Å²) in [4.78, 5) is 37.7. The molecule has 0 fully saturated rings. The van der Waals surface area contributed by atoms with Crippen LogP contribution in [0.3, 0.4) is 0 Å². The van der Waals surface area contributed by atoms with Crippen molar-refractivity contribution in [1.29, 1.82) is 0 Å². The Kier molecular flexibility index (Phi) is 6.29. The molecule has 1 amide bonds. The smallest absolute Gasteiger partial charge is 0.331 e. The molecular formula is C22H24N2O5. The van der Waals surface area contributed by atoms with Gasteiger partial charge in [-0.15, -0.1) is 0 Å². The third-order valence-electron chi connectivity index (χ3n) is 5.20. The first-order valence-corrected chi connectivity index (χ1v) is 9.52. The number of aryl methyl sites for hydroxylation is 1. The van der Waals surface area contributed by atoms with Gasteiger partial charge in [0.25, 0.3) is 0 Å². The first-order valence-electron chi connectivity index (χ1n) is 9.52. The van der Waals surface area contributed by atoms with Crippen molar-refractivity contribution in [3.63, 3.8) is 0 Å². The third kappa shape index (κ3) is 4.63. The molecule has 1 aliphatic heterocycles. The SMILES string of the molecule is C[C@H](N[C@@H](CCc1ccccc1)C(=O)O)C(=O)N1Cc2ccccc2[C@H]1C(=O)O. The molecule has 0 aliphatic carbocycles. The number of hydrogen-bond acceptors (Lipinski definition) is 4. The minimum atomic E-state index is -1.10. The van der Waals surface area contributed by atoms with Gasteiger partial charge in [0.1, 0.15) is 6.04 Å². The number of amides is 1. The quantitative estimate of drug-likeness (QED) is 0.632. The minimum absolute atomic E-state index is 0.194. The first-order chi connectivity index (χ1) is 13.9. The summed E-state index contributed by atoms with van der Waals surface area (Å²) in [6, 6.07) is 13.8. The van der Waals surface area contributed by atoms with Crippen molar-refractivity contribution in [2.24, 2.45) is 0 Å². The molecule has 0 spiro atoms. The lowest BCUT2D eigenvalue weighted by molar-refractivity contribution is -0.151. The van der Waals surface area contributed by atoms with E-state index in [4.69, 9.17) is 0 Å². The molecule has 29 heavy (non-hydrogen) atoms. The van der Waals surface area contributed by atoms with Crippen LogP contribution in [0.1, 0.15) is 36.1 Å². The average molecular weight is 396 g/mol. The monoisotopic (exact) mass is 396 g/mol. The number of nitrogens with zero attached hydrogens (tertiary/aromatic N) is 1. The average Bonchev–Trinajstić information content (AvgIpc) is 3.10. The molecule has 2 aromatic carbocycles. The zero-order valence-corrected chi connectivity index (χ0v) is 16.1. The Labute approximate surface area is 169 Å². The summed E-state index contributed by atoms with van der Waals surface area (Å²) in [6.45, 7) is 1.77. The molecule has 1 aliphatic rings. The Morgan fingerprint density at radius 2 is 1.72 bits per heavy atom. The first kappa shape index (κ1) is 20.5. The molecule has 152 valence electrons. The van der Waals surface area contributed by atoms with Gasteiger partial charge in [0.2, 0.25) is 5.91 Å². The van der Waals surface area contributed by atoms with Crippen LogP contribution in [0, 0.1) is 0 Å². The van der Waals surface area contributed by atoms with Gasteiger partial charge in [-0.2, -0.15) is 0 Å². The highest BCUT2D eigenvalue weighted by molar-refractivity contribution is 5.89. The van der Waals surface area contributed by atoms with E-state index in [2.05, 4.69) is 5.32 Å². The van der Waals surface area contributed by atoms with Gasteiger partial charge in [-0.1, -0.05) is 54.6 Å². The Bertz CT molecular complexity index is 899. The van der Waals surface area contributed by atoms with E-state index in [0.29, 0.717) is 18.4 Å². The summed E-state index contributed by atoms with van der Waals surface area (Å²) in [5, 5.41) is 22.0. The van der Waals surface area contributed by atoms with E-state index >= 15 is 0 Å². The molecule has 3 N–H and O–H groups in total. The topological polar surface area (TPSA) is 107 Å². The number of benzene rings is 2. The molecule has 0 saturated carbocycles. The van der Waals surface area contributed by atoms with E-state index in [1.54, 1.807) is 31.2 Å². The Balaban J connectivity index is 1.68. The maximum atomic E-state index is 13.0. The van der Waals surface area contributed by atoms with Gasteiger partial charge in [-0.25, -0.2) is 4.79 Å². The molecule has 3 rings (SSSR count). The number of carbonyl (C=O) groups excluding carboxylic acids is 1. The highest BCUT2D eigenvalue weighted by Gasteiger charge is 2.40. The van der Waals surface area contributed by atoms with Gasteiger partial charge >= 0.3 is 11.9 Å². The van der Waals surface area contributed by atoms with Crippen molar-refractivity contribution < 1.29 is 24.6 Å². The minimum Gasteiger partial charge on any atom is -0.480 e. The zero-order chi connectivity index (χ0) is 21.0. The third-order valence-corrected chi connectivity index (χ3v) is 5.20. The second-order valence-electron chi connectivity index (χ2n) is 7.21. The highest BCUT2D eigenvalue weighted by atomic mass is 16.4. The summed E-state index contributed by atoms with van der Waals surface area (Å²) in [7, 11) is 0. The molecule has 0 unspecified atom stereocenters. The fourth-order valence-corrected chi connectivity index (χ4v) is 3.71. The maximum absolute atomic E-state index is 13.0. The van der Waals surface area contributed by atoms with Gasteiger partial charge in [-0.05, 0) is 36.5 Å². The molecule has 0 radical (unpaired) electrons. The maximum Gasteiger partial charge on any atom is 0.331 e. The molecule has 0 aromatic heterocycles. The summed E-state index contributed by atoms with van der Waals surface area (Å²) in [5.41, 5.74) is 2.40. The van der Waals surface area contributed by atoms with Crippen molar-refractivity contribution in [1.82, 2.24) is 10.2 Å². The van der Waals surface area contributed by atoms with Crippen LogP contribution in [0.2, 0.25) is 0 Å². The fraction of sp³-hybridized carbons (Fsp3) is 0.318. The molecule has 0 saturated heterocycles. The lowest BCUT2D eigenvalue weighted by Crippen LogP contribution is -2.51. The van der Waals surface area contributed by atoms with E-state index < -0.39 is 36.0 Å². The van der Waals surface area contributed by atoms with Crippen LogP contribution in [0.4, 0.5) is 0 Å². The number of fused-ring (bicyclic) bond motifs is 1. The van der Waals surface area contributed by atoms with Gasteiger partial charge in [0.05, 0.1) is 6.04 Å².